The third kappa shape index (κ3) is 5.08. The molecule has 0 aliphatic heterocycles. The predicted octanol–water partition coefficient (Wildman–Crippen LogP) is 3.84. The smallest absolute Gasteiger partial charge is 0.303 e. The predicted molar refractivity (Wildman–Crippen MR) is 86.0 cm³/mol. The Balaban J connectivity index is 3.02. The molecule has 0 amide bonds. The van der Waals surface area contributed by atoms with Gasteiger partial charge in [-0.2, -0.15) is 0 Å². The number of nitrogens with zero attached hydrogens (tertiary/aromatic N) is 1. The van der Waals surface area contributed by atoms with Crippen molar-refractivity contribution in [3.63, 3.8) is 0 Å². The normalized spacial score (nSPS) is 14.0. The number of ketones is 1. The Morgan fingerprint density at radius 2 is 1.77 bits per heavy atom. The fraction of sp³-hybridized carbons (Fsp3) is 0.333. The molecule has 0 aromatic heterocycles. The molecule has 0 N–H and O–H groups in total. The van der Waals surface area contributed by atoms with Crippen LogP contribution in [-0.4, -0.2) is 31.4 Å². The number of hydrogen-bond donors (Lipinski definition) is 0. The number of hydrogen-bond acceptors (Lipinski definition) is 5. The van der Waals surface area contributed by atoms with Gasteiger partial charge in [-0.3, -0.25) is 19.7 Å². The second-order valence-corrected chi connectivity index (χ2v) is 7.50. The van der Waals surface area contributed by atoms with Gasteiger partial charge >= 0.3 is 5.97 Å². The SMILES string of the molecule is CC(=O)O[C@@H]([C@H](Br)C(=O)c1ccc([N+](=O)[O-])cc1)C(Cl)(Cl)Cl. The lowest BCUT2D eigenvalue weighted by molar-refractivity contribution is -0.384. The number of ether oxygens (including phenoxy) is 1. The minimum absolute atomic E-state index is 0.138. The average molecular weight is 433 g/mol. The van der Waals surface area contributed by atoms with Crippen LogP contribution in [0.1, 0.15) is 17.3 Å². The Hall–Kier alpha value is -0.890. The average Bonchev–Trinajstić information content (AvgIpc) is 2.42. The second-order valence-electron chi connectivity index (χ2n) is 4.14. The van der Waals surface area contributed by atoms with Gasteiger partial charge in [0, 0.05) is 24.6 Å². The van der Waals surface area contributed by atoms with E-state index in [4.69, 9.17) is 39.5 Å². The number of esters is 1. The van der Waals surface area contributed by atoms with Crippen molar-refractivity contribution in [2.75, 3.05) is 0 Å². The summed E-state index contributed by atoms with van der Waals surface area (Å²) in [5, 5.41) is 10.6. The minimum atomic E-state index is -2.03. The van der Waals surface area contributed by atoms with E-state index in [1.54, 1.807) is 0 Å². The van der Waals surface area contributed by atoms with Crippen LogP contribution in [0, 0.1) is 10.1 Å². The van der Waals surface area contributed by atoms with Gasteiger partial charge in [0.15, 0.2) is 11.9 Å². The maximum absolute atomic E-state index is 12.3. The van der Waals surface area contributed by atoms with Crippen molar-refractivity contribution in [2.24, 2.45) is 0 Å². The van der Waals surface area contributed by atoms with E-state index in [1.165, 1.54) is 24.3 Å². The number of carbonyl (C=O) groups is 2. The van der Waals surface area contributed by atoms with Crippen molar-refractivity contribution in [3.05, 3.63) is 39.9 Å². The minimum Gasteiger partial charge on any atom is -0.456 e. The molecule has 0 radical (unpaired) electrons. The highest BCUT2D eigenvalue weighted by atomic mass is 79.9. The monoisotopic (exact) mass is 431 g/mol. The van der Waals surface area contributed by atoms with Gasteiger partial charge in [-0.05, 0) is 12.1 Å². The quantitative estimate of drug-likeness (QED) is 0.232. The number of carbonyl (C=O) groups excluding carboxylic acids is 2. The fourth-order valence-corrected chi connectivity index (χ4v) is 3.25. The summed E-state index contributed by atoms with van der Waals surface area (Å²) in [6.07, 6.45) is -1.36. The standard InChI is InChI=1S/C12H9BrCl3NO5/c1-6(18)22-11(12(14,15)16)9(13)10(19)7-2-4-8(5-3-7)17(20)21/h2-5,9,11H,1H3/t9-,11+/m1/s1. The van der Waals surface area contributed by atoms with Gasteiger partial charge in [-0.1, -0.05) is 50.7 Å². The van der Waals surface area contributed by atoms with Gasteiger partial charge in [0.25, 0.3) is 5.69 Å². The maximum Gasteiger partial charge on any atom is 0.303 e. The third-order valence-corrected chi connectivity index (χ3v) is 4.04. The van der Waals surface area contributed by atoms with Crippen LogP contribution >= 0.6 is 50.7 Å². The lowest BCUT2D eigenvalue weighted by Gasteiger charge is -2.27. The number of nitro groups is 1. The van der Waals surface area contributed by atoms with Crippen LogP contribution in [0.15, 0.2) is 24.3 Å². The van der Waals surface area contributed by atoms with E-state index in [0.29, 0.717) is 0 Å². The summed E-state index contributed by atoms with van der Waals surface area (Å²) < 4.78 is 2.84. The summed E-state index contributed by atoms with van der Waals surface area (Å²) in [6.45, 7) is 1.11. The number of Topliss-reactive ketones (excluding diaryl/α,β-unsaturated/α-hetero) is 1. The van der Waals surface area contributed by atoms with Crippen molar-refractivity contribution < 1.29 is 19.2 Å². The number of rotatable bonds is 5. The molecule has 1 aromatic carbocycles. The van der Waals surface area contributed by atoms with Crippen LogP contribution < -0.4 is 0 Å². The van der Waals surface area contributed by atoms with Gasteiger partial charge in [0.1, 0.15) is 4.83 Å². The lowest BCUT2D eigenvalue weighted by atomic mass is 10.1. The number of non-ortho nitro benzene ring substituents is 1. The zero-order valence-corrected chi connectivity index (χ0v) is 14.8. The second kappa shape index (κ2) is 7.59. The number of benzene rings is 1. The zero-order chi connectivity index (χ0) is 17.1. The molecule has 0 bridgehead atoms. The molecule has 0 fully saturated rings. The maximum atomic E-state index is 12.3. The van der Waals surface area contributed by atoms with Crippen molar-refractivity contribution in [3.8, 4) is 0 Å². The van der Waals surface area contributed by atoms with Crippen LogP contribution in [0.4, 0.5) is 5.69 Å². The number of nitro benzene ring substituents is 1. The van der Waals surface area contributed by atoms with E-state index in [2.05, 4.69) is 15.9 Å². The van der Waals surface area contributed by atoms with Crippen molar-refractivity contribution in [2.45, 2.75) is 21.6 Å². The summed E-state index contributed by atoms with van der Waals surface area (Å²) in [5.41, 5.74) is -0.0283. The summed E-state index contributed by atoms with van der Waals surface area (Å²) in [6, 6.07) is 4.86. The first-order valence-corrected chi connectivity index (χ1v) is 7.75. The molecule has 0 aliphatic carbocycles. The third-order valence-electron chi connectivity index (χ3n) is 2.49. The number of alkyl halides is 4. The Kier molecular flexibility index (Phi) is 6.61. The first-order valence-electron chi connectivity index (χ1n) is 5.70. The highest BCUT2D eigenvalue weighted by Gasteiger charge is 2.43. The van der Waals surface area contributed by atoms with Crippen LogP contribution in [0.5, 0.6) is 0 Å². The van der Waals surface area contributed by atoms with Crippen LogP contribution in [0.2, 0.25) is 0 Å². The molecule has 1 rings (SSSR count). The molecule has 10 heteroatoms. The van der Waals surface area contributed by atoms with E-state index in [-0.39, 0.29) is 11.3 Å². The molecule has 0 aliphatic rings. The Bertz CT molecular complexity index is 587. The fourth-order valence-electron chi connectivity index (χ4n) is 1.52. The first-order chi connectivity index (χ1) is 10.0. The molecule has 22 heavy (non-hydrogen) atoms. The molecule has 0 heterocycles. The highest BCUT2D eigenvalue weighted by Crippen LogP contribution is 2.37. The van der Waals surface area contributed by atoms with Gasteiger partial charge in [-0.15, -0.1) is 0 Å². The Morgan fingerprint density at radius 3 is 2.14 bits per heavy atom. The lowest BCUT2D eigenvalue weighted by Crippen LogP contribution is -2.42. The molecule has 120 valence electrons. The Labute approximate surface area is 148 Å². The Morgan fingerprint density at radius 1 is 1.27 bits per heavy atom. The first kappa shape index (κ1) is 19.2. The number of halogens is 4. The van der Waals surface area contributed by atoms with Crippen molar-refractivity contribution in [1.29, 1.82) is 0 Å². The van der Waals surface area contributed by atoms with E-state index >= 15 is 0 Å². The van der Waals surface area contributed by atoms with Crippen LogP contribution in [-0.2, 0) is 9.53 Å². The molecule has 0 spiro atoms. The van der Waals surface area contributed by atoms with Gasteiger partial charge in [0.05, 0.1) is 4.92 Å². The summed E-state index contributed by atoms with van der Waals surface area (Å²) in [5.74, 6) is -1.27. The highest BCUT2D eigenvalue weighted by molar-refractivity contribution is 9.10. The molecular formula is C12H9BrCl3NO5. The van der Waals surface area contributed by atoms with Gasteiger partial charge in [-0.25, -0.2) is 0 Å². The molecule has 0 unspecified atom stereocenters. The van der Waals surface area contributed by atoms with Crippen molar-refractivity contribution >= 4 is 68.2 Å². The molecule has 0 saturated heterocycles. The van der Waals surface area contributed by atoms with Crippen LogP contribution in [0.25, 0.3) is 0 Å². The van der Waals surface area contributed by atoms with Crippen LogP contribution in [0.3, 0.4) is 0 Å². The molecular weight excluding hydrogens is 424 g/mol. The van der Waals surface area contributed by atoms with Crippen molar-refractivity contribution in [1.82, 2.24) is 0 Å². The molecule has 1 aromatic rings. The van der Waals surface area contributed by atoms with E-state index in [9.17, 15) is 19.7 Å². The van der Waals surface area contributed by atoms with Gasteiger partial charge in [0.2, 0.25) is 3.79 Å². The molecule has 2 atom stereocenters. The van der Waals surface area contributed by atoms with E-state index < -0.39 is 31.4 Å². The van der Waals surface area contributed by atoms with Gasteiger partial charge < -0.3 is 4.74 Å². The zero-order valence-electron chi connectivity index (χ0n) is 11.0. The van der Waals surface area contributed by atoms with E-state index in [1.807, 2.05) is 0 Å². The summed E-state index contributed by atoms with van der Waals surface area (Å²) >= 11 is 20.2. The topological polar surface area (TPSA) is 86.5 Å². The summed E-state index contributed by atoms with van der Waals surface area (Å²) in [4.78, 5) is 32.2. The largest absolute Gasteiger partial charge is 0.456 e. The molecule has 0 saturated carbocycles. The van der Waals surface area contributed by atoms with E-state index in [0.717, 1.165) is 6.92 Å². The summed E-state index contributed by atoms with van der Waals surface area (Å²) in [7, 11) is 0. The molecule has 6 nitrogen and oxygen atoms in total.